The zero-order chi connectivity index (χ0) is 13.1. The Labute approximate surface area is 113 Å². The molecule has 0 saturated heterocycles. The van der Waals surface area contributed by atoms with Gasteiger partial charge in [-0.05, 0) is 46.5 Å². The summed E-state index contributed by atoms with van der Waals surface area (Å²) >= 11 is 1.38. The molecule has 3 aromatic rings. The van der Waals surface area contributed by atoms with E-state index in [0.29, 0.717) is 10.8 Å². The van der Waals surface area contributed by atoms with E-state index >= 15 is 0 Å². The van der Waals surface area contributed by atoms with Crippen molar-refractivity contribution in [3.63, 3.8) is 0 Å². The van der Waals surface area contributed by atoms with Gasteiger partial charge in [-0.15, -0.1) is 5.10 Å². The summed E-state index contributed by atoms with van der Waals surface area (Å²) in [5.74, 6) is 0. The molecule has 1 aromatic carbocycles. The number of rotatable bonds is 3. The number of anilines is 1. The van der Waals surface area contributed by atoms with Crippen LogP contribution in [0.15, 0.2) is 58.8 Å². The van der Waals surface area contributed by atoms with Gasteiger partial charge in [-0.3, -0.25) is 0 Å². The molecule has 0 atom stereocenters. The Kier molecular flexibility index (Phi) is 3.11. The molecular weight excluding hydrogens is 260 g/mol. The summed E-state index contributed by atoms with van der Waals surface area (Å²) < 4.78 is 1.67. The number of benzene rings is 1. The molecule has 0 spiro atoms. The number of hydrogen-bond donors (Lipinski definition) is 1. The predicted molar refractivity (Wildman–Crippen MR) is 71.9 cm³/mol. The van der Waals surface area contributed by atoms with E-state index in [4.69, 9.17) is 5.73 Å². The highest BCUT2D eigenvalue weighted by molar-refractivity contribution is 7.99. The zero-order valence-corrected chi connectivity index (χ0v) is 10.7. The minimum Gasteiger partial charge on any atom is -0.397 e. The highest BCUT2D eigenvalue weighted by Crippen LogP contribution is 2.25. The summed E-state index contributed by atoms with van der Waals surface area (Å²) in [5.41, 5.74) is 7.14. The standard InChI is InChI=1S/C12H10N6S/c13-9-6-7-11(14-8-9)19-12-15-16-17-18(12)10-4-2-1-3-5-10/h1-8H,13H2. The maximum atomic E-state index is 5.60. The number of para-hydroxylation sites is 1. The van der Waals surface area contributed by atoms with Crippen LogP contribution in [0.2, 0.25) is 0 Å². The molecule has 0 fully saturated rings. The third-order valence-electron chi connectivity index (χ3n) is 2.40. The van der Waals surface area contributed by atoms with Crippen LogP contribution in [0, 0.1) is 0 Å². The monoisotopic (exact) mass is 270 g/mol. The molecule has 94 valence electrons. The van der Waals surface area contributed by atoms with Gasteiger partial charge in [0.05, 0.1) is 17.6 Å². The van der Waals surface area contributed by atoms with Gasteiger partial charge < -0.3 is 5.73 Å². The van der Waals surface area contributed by atoms with Gasteiger partial charge in [-0.1, -0.05) is 18.2 Å². The van der Waals surface area contributed by atoms with E-state index in [0.717, 1.165) is 10.7 Å². The second-order valence-corrected chi connectivity index (χ2v) is 4.73. The highest BCUT2D eigenvalue weighted by Gasteiger charge is 2.10. The zero-order valence-electron chi connectivity index (χ0n) is 9.84. The molecule has 0 aliphatic carbocycles. The second-order valence-electron chi connectivity index (χ2n) is 3.74. The number of nitrogen functional groups attached to an aromatic ring is 1. The van der Waals surface area contributed by atoms with Crippen molar-refractivity contribution < 1.29 is 0 Å². The van der Waals surface area contributed by atoms with Crippen LogP contribution in [0.4, 0.5) is 5.69 Å². The molecular formula is C12H10N6S. The summed E-state index contributed by atoms with van der Waals surface area (Å²) in [7, 11) is 0. The van der Waals surface area contributed by atoms with E-state index in [2.05, 4.69) is 20.5 Å². The van der Waals surface area contributed by atoms with Crippen molar-refractivity contribution in [1.82, 2.24) is 25.2 Å². The SMILES string of the molecule is Nc1ccc(Sc2nnnn2-c2ccccc2)nc1. The molecule has 0 amide bonds. The van der Waals surface area contributed by atoms with E-state index in [-0.39, 0.29) is 0 Å². The Morgan fingerprint density at radius 1 is 1.05 bits per heavy atom. The normalized spacial score (nSPS) is 10.5. The molecule has 7 heteroatoms. The minimum absolute atomic E-state index is 0.631. The second kappa shape index (κ2) is 5.07. The third-order valence-corrected chi connectivity index (χ3v) is 3.28. The van der Waals surface area contributed by atoms with Crippen LogP contribution in [0.1, 0.15) is 0 Å². The molecule has 3 rings (SSSR count). The summed E-state index contributed by atoms with van der Waals surface area (Å²) in [6, 6.07) is 13.3. The van der Waals surface area contributed by atoms with Gasteiger partial charge in [0.1, 0.15) is 5.03 Å². The Hall–Kier alpha value is -2.41. The van der Waals surface area contributed by atoms with Gasteiger partial charge in [0.15, 0.2) is 0 Å². The van der Waals surface area contributed by atoms with Crippen molar-refractivity contribution in [1.29, 1.82) is 0 Å². The minimum atomic E-state index is 0.631. The molecule has 0 aliphatic rings. The molecule has 19 heavy (non-hydrogen) atoms. The molecule has 6 nitrogen and oxygen atoms in total. The van der Waals surface area contributed by atoms with E-state index in [1.807, 2.05) is 36.4 Å². The van der Waals surface area contributed by atoms with E-state index in [1.165, 1.54) is 11.8 Å². The predicted octanol–water partition coefficient (Wildman–Crippen LogP) is 1.79. The topological polar surface area (TPSA) is 82.5 Å². The van der Waals surface area contributed by atoms with Gasteiger partial charge in [-0.2, -0.15) is 4.68 Å². The van der Waals surface area contributed by atoms with Crippen molar-refractivity contribution in [3.8, 4) is 5.69 Å². The van der Waals surface area contributed by atoms with Crippen molar-refractivity contribution in [2.24, 2.45) is 0 Å². The van der Waals surface area contributed by atoms with Gasteiger partial charge in [0.2, 0.25) is 5.16 Å². The van der Waals surface area contributed by atoms with Gasteiger partial charge in [0.25, 0.3) is 0 Å². The number of tetrazole rings is 1. The molecule has 2 aromatic heterocycles. The first kappa shape index (κ1) is 11.7. The molecule has 2 heterocycles. The van der Waals surface area contributed by atoms with Crippen LogP contribution in [0.3, 0.4) is 0 Å². The number of aromatic nitrogens is 5. The number of hydrogen-bond acceptors (Lipinski definition) is 6. The Morgan fingerprint density at radius 3 is 2.63 bits per heavy atom. The van der Waals surface area contributed by atoms with Gasteiger partial charge >= 0.3 is 0 Å². The van der Waals surface area contributed by atoms with Crippen LogP contribution in [0.25, 0.3) is 5.69 Å². The lowest BCUT2D eigenvalue weighted by molar-refractivity contribution is 0.756. The molecule has 0 saturated carbocycles. The summed E-state index contributed by atoms with van der Waals surface area (Å²) in [6.07, 6.45) is 1.61. The van der Waals surface area contributed by atoms with Crippen molar-refractivity contribution >= 4 is 17.4 Å². The Balaban J connectivity index is 1.91. The number of nitrogens with two attached hydrogens (primary N) is 1. The van der Waals surface area contributed by atoms with Crippen LogP contribution in [0.5, 0.6) is 0 Å². The quantitative estimate of drug-likeness (QED) is 0.781. The summed E-state index contributed by atoms with van der Waals surface area (Å²) in [4.78, 5) is 4.22. The lowest BCUT2D eigenvalue weighted by Gasteiger charge is -2.03. The van der Waals surface area contributed by atoms with Crippen LogP contribution < -0.4 is 5.73 Å². The summed E-state index contributed by atoms with van der Waals surface area (Å²) in [6.45, 7) is 0. The summed E-state index contributed by atoms with van der Waals surface area (Å²) in [5, 5.41) is 13.1. The first-order chi connectivity index (χ1) is 9.33. The molecule has 0 radical (unpaired) electrons. The Morgan fingerprint density at radius 2 is 1.89 bits per heavy atom. The Bertz CT molecular complexity index is 664. The molecule has 0 unspecified atom stereocenters. The fraction of sp³-hybridized carbons (Fsp3) is 0. The van der Waals surface area contributed by atoms with Crippen molar-refractivity contribution in [2.45, 2.75) is 10.2 Å². The third kappa shape index (κ3) is 2.55. The smallest absolute Gasteiger partial charge is 0.220 e. The average Bonchev–Trinajstić information content (AvgIpc) is 2.90. The fourth-order valence-electron chi connectivity index (χ4n) is 1.52. The molecule has 2 N–H and O–H groups in total. The van der Waals surface area contributed by atoms with Crippen LogP contribution >= 0.6 is 11.8 Å². The average molecular weight is 270 g/mol. The van der Waals surface area contributed by atoms with Crippen LogP contribution in [-0.2, 0) is 0 Å². The largest absolute Gasteiger partial charge is 0.397 e. The maximum Gasteiger partial charge on any atom is 0.220 e. The molecule has 0 bridgehead atoms. The van der Waals surface area contributed by atoms with Crippen LogP contribution in [-0.4, -0.2) is 25.2 Å². The first-order valence-electron chi connectivity index (χ1n) is 5.56. The maximum absolute atomic E-state index is 5.60. The number of pyridine rings is 1. The lowest BCUT2D eigenvalue weighted by Crippen LogP contribution is -1.98. The highest BCUT2D eigenvalue weighted by atomic mass is 32.2. The van der Waals surface area contributed by atoms with Crippen molar-refractivity contribution in [3.05, 3.63) is 48.7 Å². The van der Waals surface area contributed by atoms with Gasteiger partial charge in [0, 0.05) is 0 Å². The lowest BCUT2D eigenvalue weighted by atomic mass is 10.3. The number of nitrogens with zero attached hydrogens (tertiary/aromatic N) is 5. The molecule has 0 aliphatic heterocycles. The van der Waals surface area contributed by atoms with E-state index in [9.17, 15) is 0 Å². The first-order valence-corrected chi connectivity index (χ1v) is 6.38. The van der Waals surface area contributed by atoms with E-state index in [1.54, 1.807) is 16.9 Å². The van der Waals surface area contributed by atoms with E-state index < -0.39 is 0 Å². The fourth-order valence-corrected chi connectivity index (χ4v) is 2.25. The van der Waals surface area contributed by atoms with Crippen molar-refractivity contribution in [2.75, 3.05) is 5.73 Å². The van der Waals surface area contributed by atoms with Gasteiger partial charge in [-0.25, -0.2) is 4.98 Å².